The number of hydrogen-bond donors (Lipinski definition) is 2. The lowest BCUT2D eigenvalue weighted by Crippen LogP contribution is -2.35. The molecule has 2 N–H and O–H groups in total. The number of nitrogens with zero attached hydrogens (tertiary/aromatic N) is 1. The molecule has 2 amide bonds. The molecule has 1 aromatic heterocycles. The highest BCUT2D eigenvalue weighted by Gasteiger charge is 2.27. The average Bonchev–Trinajstić information content (AvgIpc) is 3.40. The Labute approximate surface area is 250 Å². The van der Waals surface area contributed by atoms with E-state index in [4.69, 9.17) is 9.47 Å². The predicted molar refractivity (Wildman–Crippen MR) is 167 cm³/mol. The molecule has 1 saturated heterocycles. The average molecular weight is 582 g/mol. The third-order valence-corrected chi connectivity index (χ3v) is 8.89. The van der Waals surface area contributed by atoms with E-state index in [1.54, 1.807) is 0 Å². The van der Waals surface area contributed by atoms with Crippen molar-refractivity contribution in [1.82, 2.24) is 4.90 Å². The van der Waals surface area contributed by atoms with Gasteiger partial charge in [-0.15, -0.1) is 11.3 Å². The standard InChI is InChI=1S/C34H35N3O4S/c38-32(26-10-6-9-25(21-26)22-37-17-19-40-20-18-37)36-34-31(29-11-4-5-12-30(29)42-34)33(39)35-27-13-15-28(16-14-27)41-23-24-7-2-1-3-8-24/h1-3,6-10,13-16,21H,4-5,11-12,17-20,22-23H2,(H,35,39)(H,36,38). The van der Waals surface area contributed by atoms with Gasteiger partial charge in [-0.1, -0.05) is 42.5 Å². The molecule has 6 rings (SSSR count). The Morgan fingerprint density at radius 3 is 2.40 bits per heavy atom. The molecule has 3 aromatic carbocycles. The zero-order valence-corrected chi connectivity index (χ0v) is 24.4. The van der Waals surface area contributed by atoms with Crippen LogP contribution in [0.15, 0.2) is 78.9 Å². The number of amides is 2. The van der Waals surface area contributed by atoms with Crippen molar-refractivity contribution in [3.63, 3.8) is 0 Å². The summed E-state index contributed by atoms with van der Waals surface area (Å²) in [6.07, 6.45) is 3.90. The number of ether oxygens (including phenoxy) is 2. The summed E-state index contributed by atoms with van der Waals surface area (Å²) in [5.74, 6) is 0.323. The van der Waals surface area contributed by atoms with Gasteiger partial charge in [0.25, 0.3) is 11.8 Å². The van der Waals surface area contributed by atoms with E-state index in [-0.39, 0.29) is 11.8 Å². The van der Waals surface area contributed by atoms with E-state index in [1.807, 2.05) is 78.9 Å². The summed E-state index contributed by atoms with van der Waals surface area (Å²) in [5, 5.41) is 6.75. The molecule has 0 radical (unpaired) electrons. The molecule has 42 heavy (non-hydrogen) atoms. The topological polar surface area (TPSA) is 79.9 Å². The van der Waals surface area contributed by atoms with Crippen molar-refractivity contribution in [2.45, 2.75) is 38.8 Å². The van der Waals surface area contributed by atoms with Gasteiger partial charge in [-0.25, -0.2) is 0 Å². The lowest BCUT2D eigenvalue weighted by molar-refractivity contribution is 0.0342. The molecule has 0 spiro atoms. The van der Waals surface area contributed by atoms with Crippen LogP contribution in [-0.4, -0.2) is 43.0 Å². The minimum absolute atomic E-state index is 0.202. The van der Waals surface area contributed by atoms with Gasteiger partial charge >= 0.3 is 0 Å². The van der Waals surface area contributed by atoms with E-state index in [2.05, 4.69) is 15.5 Å². The maximum absolute atomic E-state index is 13.7. The molecule has 216 valence electrons. The first kappa shape index (κ1) is 28.2. The lowest BCUT2D eigenvalue weighted by Gasteiger charge is -2.26. The molecule has 1 aliphatic heterocycles. The van der Waals surface area contributed by atoms with Gasteiger partial charge in [0.2, 0.25) is 0 Å². The Balaban J connectivity index is 1.15. The Kier molecular flexibility index (Phi) is 8.94. The summed E-state index contributed by atoms with van der Waals surface area (Å²) in [7, 11) is 0. The van der Waals surface area contributed by atoms with Crippen LogP contribution in [0.3, 0.4) is 0 Å². The number of thiophene rings is 1. The summed E-state index contributed by atoms with van der Waals surface area (Å²) >= 11 is 1.53. The molecule has 1 fully saturated rings. The van der Waals surface area contributed by atoms with Crippen molar-refractivity contribution in [2.24, 2.45) is 0 Å². The summed E-state index contributed by atoms with van der Waals surface area (Å²) in [6, 6.07) is 25.1. The predicted octanol–water partition coefficient (Wildman–Crippen LogP) is 6.54. The molecule has 8 heteroatoms. The Bertz CT molecular complexity index is 1530. The minimum Gasteiger partial charge on any atom is -0.489 e. The fourth-order valence-electron chi connectivity index (χ4n) is 5.47. The van der Waals surface area contributed by atoms with Crippen molar-refractivity contribution in [2.75, 3.05) is 36.9 Å². The highest BCUT2D eigenvalue weighted by Crippen LogP contribution is 2.39. The van der Waals surface area contributed by atoms with Gasteiger partial charge in [0.1, 0.15) is 17.4 Å². The number of rotatable bonds is 9. The summed E-state index contributed by atoms with van der Waals surface area (Å²) in [6.45, 7) is 4.51. The van der Waals surface area contributed by atoms with E-state index >= 15 is 0 Å². The first-order valence-corrected chi connectivity index (χ1v) is 15.4. The second kappa shape index (κ2) is 13.3. The third kappa shape index (κ3) is 6.90. The monoisotopic (exact) mass is 581 g/mol. The maximum atomic E-state index is 13.7. The Hall–Kier alpha value is -3.98. The van der Waals surface area contributed by atoms with Crippen LogP contribution in [-0.2, 0) is 30.7 Å². The van der Waals surface area contributed by atoms with Gasteiger partial charge in [0.05, 0.1) is 18.8 Å². The summed E-state index contributed by atoms with van der Waals surface area (Å²) in [4.78, 5) is 30.6. The van der Waals surface area contributed by atoms with Crippen LogP contribution >= 0.6 is 11.3 Å². The zero-order valence-electron chi connectivity index (χ0n) is 23.6. The maximum Gasteiger partial charge on any atom is 0.258 e. The van der Waals surface area contributed by atoms with Gasteiger partial charge in [-0.05, 0) is 78.8 Å². The van der Waals surface area contributed by atoms with Crippen molar-refractivity contribution >= 4 is 33.8 Å². The number of fused-ring (bicyclic) bond motifs is 1. The second-order valence-electron chi connectivity index (χ2n) is 10.7. The number of morpholine rings is 1. The van der Waals surface area contributed by atoms with Crippen LogP contribution in [0.2, 0.25) is 0 Å². The fourth-order valence-corrected chi connectivity index (χ4v) is 6.75. The Morgan fingerprint density at radius 2 is 1.60 bits per heavy atom. The van der Waals surface area contributed by atoms with E-state index in [1.165, 1.54) is 16.2 Å². The minimum atomic E-state index is -0.205. The van der Waals surface area contributed by atoms with Gasteiger partial charge in [0, 0.05) is 35.8 Å². The molecule has 7 nitrogen and oxygen atoms in total. The van der Waals surface area contributed by atoms with Gasteiger partial charge in [-0.3, -0.25) is 14.5 Å². The first-order valence-electron chi connectivity index (χ1n) is 14.6. The second-order valence-corrected chi connectivity index (χ2v) is 11.8. The number of anilines is 2. The molecule has 2 heterocycles. The summed E-state index contributed by atoms with van der Waals surface area (Å²) in [5.41, 5.74) is 5.08. The van der Waals surface area contributed by atoms with E-state index < -0.39 is 0 Å². The molecule has 4 aromatic rings. The third-order valence-electron chi connectivity index (χ3n) is 7.68. The van der Waals surface area contributed by atoms with Gasteiger partial charge in [0.15, 0.2) is 0 Å². The van der Waals surface area contributed by atoms with E-state index in [0.29, 0.717) is 28.4 Å². The van der Waals surface area contributed by atoms with Crippen LogP contribution in [0.25, 0.3) is 0 Å². The van der Waals surface area contributed by atoms with E-state index in [9.17, 15) is 9.59 Å². The number of benzene rings is 3. The normalized spacial score (nSPS) is 15.0. The highest BCUT2D eigenvalue weighted by molar-refractivity contribution is 7.17. The van der Waals surface area contributed by atoms with E-state index in [0.717, 1.165) is 81.0 Å². The van der Waals surface area contributed by atoms with Crippen molar-refractivity contribution in [3.05, 3.63) is 112 Å². The highest BCUT2D eigenvalue weighted by atomic mass is 32.1. The smallest absolute Gasteiger partial charge is 0.258 e. The molecule has 1 aliphatic carbocycles. The van der Waals surface area contributed by atoms with Gasteiger partial charge < -0.3 is 20.1 Å². The first-order chi connectivity index (χ1) is 20.6. The van der Waals surface area contributed by atoms with Crippen molar-refractivity contribution < 1.29 is 19.1 Å². The Morgan fingerprint density at radius 1 is 0.833 bits per heavy atom. The molecule has 0 atom stereocenters. The SMILES string of the molecule is O=C(Nc1sc2c(c1C(=O)Nc1ccc(OCc3ccccc3)cc1)CCCC2)c1cccc(CN2CCOCC2)c1. The van der Waals surface area contributed by atoms with Crippen LogP contribution < -0.4 is 15.4 Å². The number of carbonyl (C=O) groups is 2. The van der Waals surface area contributed by atoms with Gasteiger partial charge in [-0.2, -0.15) is 0 Å². The van der Waals surface area contributed by atoms with Crippen LogP contribution in [0.4, 0.5) is 10.7 Å². The van der Waals surface area contributed by atoms with Crippen molar-refractivity contribution in [3.8, 4) is 5.75 Å². The van der Waals surface area contributed by atoms with Crippen LogP contribution in [0.1, 0.15) is 55.1 Å². The number of aryl methyl sites for hydroxylation is 1. The molecule has 2 aliphatic rings. The molecule has 0 saturated carbocycles. The van der Waals surface area contributed by atoms with Crippen LogP contribution in [0, 0.1) is 0 Å². The molecule has 0 bridgehead atoms. The number of hydrogen-bond acceptors (Lipinski definition) is 6. The summed E-state index contributed by atoms with van der Waals surface area (Å²) < 4.78 is 11.3. The molecular weight excluding hydrogens is 546 g/mol. The fraction of sp³-hybridized carbons (Fsp3) is 0.294. The molecular formula is C34H35N3O4S. The zero-order chi connectivity index (χ0) is 28.7. The number of nitrogens with one attached hydrogen (secondary N) is 2. The number of carbonyl (C=O) groups excluding carboxylic acids is 2. The lowest BCUT2D eigenvalue weighted by atomic mass is 9.95. The van der Waals surface area contributed by atoms with Crippen LogP contribution in [0.5, 0.6) is 5.75 Å². The quantitative estimate of drug-likeness (QED) is 0.235. The van der Waals surface area contributed by atoms with Crippen molar-refractivity contribution in [1.29, 1.82) is 0 Å². The largest absolute Gasteiger partial charge is 0.489 e. The molecule has 0 unspecified atom stereocenters.